The van der Waals surface area contributed by atoms with E-state index in [0.29, 0.717) is 11.4 Å². The molecule has 4 aromatic rings. The second-order valence-electron chi connectivity index (χ2n) is 6.61. The van der Waals surface area contributed by atoms with Crippen LogP contribution < -0.4 is 10.6 Å². The lowest BCUT2D eigenvalue weighted by molar-refractivity contribution is -0.384. The highest BCUT2D eigenvalue weighted by atomic mass is 16.6. The van der Waals surface area contributed by atoms with E-state index >= 15 is 0 Å². The van der Waals surface area contributed by atoms with Gasteiger partial charge in [0.05, 0.1) is 16.3 Å². The molecular formula is C23H17N5O3. The molecule has 2 aromatic carbocycles. The summed E-state index contributed by atoms with van der Waals surface area (Å²) in [4.78, 5) is 31.3. The number of carbonyl (C=O) groups is 1. The fourth-order valence-electron chi connectivity index (χ4n) is 3.00. The van der Waals surface area contributed by atoms with Crippen LogP contribution in [0.1, 0.15) is 0 Å². The van der Waals surface area contributed by atoms with Gasteiger partial charge in [-0.15, -0.1) is 0 Å². The number of nitrogens with one attached hydrogen (secondary N) is 2. The van der Waals surface area contributed by atoms with E-state index in [1.54, 1.807) is 30.6 Å². The lowest BCUT2D eigenvalue weighted by atomic mass is 10.0. The van der Waals surface area contributed by atoms with E-state index in [1.807, 2.05) is 42.5 Å². The van der Waals surface area contributed by atoms with Crippen molar-refractivity contribution >= 4 is 23.1 Å². The highest BCUT2D eigenvalue weighted by Crippen LogP contribution is 2.25. The molecule has 2 amide bonds. The summed E-state index contributed by atoms with van der Waals surface area (Å²) < 4.78 is 0. The molecule has 0 radical (unpaired) electrons. The number of non-ortho nitro benzene ring substituents is 1. The summed E-state index contributed by atoms with van der Waals surface area (Å²) in [6.07, 6.45) is 3.46. The number of nitro groups is 1. The van der Waals surface area contributed by atoms with Crippen LogP contribution in [0.4, 0.5) is 21.9 Å². The van der Waals surface area contributed by atoms with Gasteiger partial charge in [0.2, 0.25) is 0 Å². The van der Waals surface area contributed by atoms with Gasteiger partial charge in [-0.1, -0.05) is 24.3 Å². The Morgan fingerprint density at radius 3 is 2.26 bits per heavy atom. The summed E-state index contributed by atoms with van der Waals surface area (Å²) in [7, 11) is 0. The van der Waals surface area contributed by atoms with Gasteiger partial charge in [0, 0.05) is 35.9 Å². The molecule has 4 rings (SSSR count). The molecule has 8 nitrogen and oxygen atoms in total. The first-order valence-electron chi connectivity index (χ1n) is 9.39. The Balaban J connectivity index is 1.44. The molecule has 0 aliphatic rings. The van der Waals surface area contributed by atoms with E-state index in [4.69, 9.17) is 0 Å². The largest absolute Gasteiger partial charge is 0.323 e. The van der Waals surface area contributed by atoms with Crippen molar-refractivity contribution in [2.45, 2.75) is 0 Å². The van der Waals surface area contributed by atoms with Gasteiger partial charge in [-0.05, 0) is 53.6 Å². The third-order valence-electron chi connectivity index (χ3n) is 4.48. The topological polar surface area (TPSA) is 110 Å². The van der Waals surface area contributed by atoms with E-state index in [0.717, 1.165) is 22.5 Å². The molecule has 0 bridgehead atoms. The van der Waals surface area contributed by atoms with Crippen molar-refractivity contribution in [2.24, 2.45) is 0 Å². The van der Waals surface area contributed by atoms with Crippen molar-refractivity contribution in [3.63, 3.8) is 0 Å². The first kappa shape index (κ1) is 19.7. The minimum atomic E-state index is -0.514. The molecule has 2 heterocycles. The van der Waals surface area contributed by atoms with Crippen molar-refractivity contribution in [2.75, 3.05) is 10.6 Å². The highest BCUT2D eigenvalue weighted by molar-refractivity contribution is 6.00. The number of hydrogen-bond donors (Lipinski definition) is 2. The van der Waals surface area contributed by atoms with Gasteiger partial charge >= 0.3 is 6.03 Å². The third-order valence-corrected chi connectivity index (χ3v) is 4.48. The van der Waals surface area contributed by atoms with E-state index in [9.17, 15) is 14.9 Å². The molecule has 0 spiro atoms. The van der Waals surface area contributed by atoms with Crippen LogP contribution in [0.15, 0.2) is 91.3 Å². The molecule has 31 heavy (non-hydrogen) atoms. The SMILES string of the molecule is O=C(Nc1ccc(-c2ccnc(-c3ccccn3)c2)cc1)Nc1cccc([N+](=O)[O-])c1. The first-order chi connectivity index (χ1) is 15.1. The maximum Gasteiger partial charge on any atom is 0.323 e. The predicted octanol–water partition coefficient (Wildman–Crippen LogP) is 5.36. The van der Waals surface area contributed by atoms with Gasteiger partial charge in [-0.2, -0.15) is 0 Å². The Bertz CT molecular complexity index is 1230. The molecule has 0 unspecified atom stereocenters. The minimum Gasteiger partial charge on any atom is -0.308 e. The molecule has 2 N–H and O–H groups in total. The molecule has 0 saturated carbocycles. The number of amides is 2. The van der Waals surface area contributed by atoms with Crippen LogP contribution in [-0.2, 0) is 0 Å². The summed E-state index contributed by atoms with van der Waals surface area (Å²) in [6, 6.07) is 22.1. The summed E-state index contributed by atoms with van der Waals surface area (Å²) in [5, 5.41) is 16.2. The molecular weight excluding hydrogens is 394 g/mol. The van der Waals surface area contributed by atoms with E-state index in [2.05, 4.69) is 20.6 Å². The van der Waals surface area contributed by atoms with E-state index in [1.165, 1.54) is 18.2 Å². The molecule has 0 aliphatic carbocycles. The van der Waals surface area contributed by atoms with Crippen molar-refractivity contribution < 1.29 is 9.72 Å². The van der Waals surface area contributed by atoms with Crippen LogP contribution in [0.25, 0.3) is 22.5 Å². The lowest BCUT2D eigenvalue weighted by Crippen LogP contribution is -2.19. The van der Waals surface area contributed by atoms with Crippen molar-refractivity contribution in [3.05, 3.63) is 101 Å². The zero-order valence-corrected chi connectivity index (χ0v) is 16.2. The van der Waals surface area contributed by atoms with E-state index < -0.39 is 11.0 Å². The minimum absolute atomic E-state index is 0.0930. The van der Waals surface area contributed by atoms with Gasteiger partial charge in [0.15, 0.2) is 0 Å². The second kappa shape index (κ2) is 8.83. The molecule has 152 valence electrons. The van der Waals surface area contributed by atoms with Crippen LogP contribution in [0, 0.1) is 10.1 Å². The standard InChI is InChI=1S/C23H17N5O3/c29-23(27-19-4-3-5-20(15-19)28(30)31)26-18-9-7-16(8-10-18)17-11-13-25-22(14-17)21-6-1-2-12-24-21/h1-15H,(H2,26,27,29). The third kappa shape index (κ3) is 4.88. The number of pyridine rings is 2. The molecule has 0 atom stereocenters. The molecule has 0 fully saturated rings. The van der Waals surface area contributed by atoms with Crippen molar-refractivity contribution in [1.29, 1.82) is 0 Å². The van der Waals surface area contributed by atoms with Crippen LogP contribution in [0.2, 0.25) is 0 Å². The summed E-state index contributed by atoms with van der Waals surface area (Å²) in [6.45, 7) is 0. The smallest absolute Gasteiger partial charge is 0.308 e. The van der Waals surface area contributed by atoms with Crippen LogP contribution in [0.3, 0.4) is 0 Å². The monoisotopic (exact) mass is 411 g/mol. The number of hydrogen-bond acceptors (Lipinski definition) is 5. The molecule has 0 aliphatic heterocycles. The fraction of sp³-hybridized carbons (Fsp3) is 0. The highest BCUT2D eigenvalue weighted by Gasteiger charge is 2.09. The Morgan fingerprint density at radius 1 is 0.742 bits per heavy atom. The van der Waals surface area contributed by atoms with Gasteiger partial charge < -0.3 is 10.6 Å². The van der Waals surface area contributed by atoms with Crippen molar-refractivity contribution in [3.8, 4) is 22.5 Å². The zero-order valence-electron chi connectivity index (χ0n) is 16.2. The average molecular weight is 411 g/mol. The van der Waals surface area contributed by atoms with E-state index in [-0.39, 0.29) is 5.69 Å². The number of nitro benzene ring substituents is 1. The zero-order chi connectivity index (χ0) is 21.6. The number of aromatic nitrogens is 2. The first-order valence-corrected chi connectivity index (χ1v) is 9.39. The average Bonchev–Trinajstić information content (AvgIpc) is 2.80. The van der Waals surface area contributed by atoms with Gasteiger partial charge in [0.1, 0.15) is 0 Å². The van der Waals surface area contributed by atoms with Crippen LogP contribution in [0.5, 0.6) is 0 Å². The number of carbonyl (C=O) groups excluding carboxylic acids is 1. The predicted molar refractivity (Wildman–Crippen MR) is 119 cm³/mol. The van der Waals surface area contributed by atoms with Gasteiger partial charge in [-0.3, -0.25) is 20.1 Å². The van der Waals surface area contributed by atoms with Crippen LogP contribution >= 0.6 is 0 Å². The number of urea groups is 1. The second-order valence-corrected chi connectivity index (χ2v) is 6.61. The maximum absolute atomic E-state index is 12.2. The Labute approximate surface area is 177 Å². The summed E-state index contributed by atoms with van der Waals surface area (Å²) in [5.41, 5.74) is 4.34. The Morgan fingerprint density at radius 2 is 1.52 bits per heavy atom. The number of rotatable bonds is 5. The van der Waals surface area contributed by atoms with Crippen molar-refractivity contribution in [1.82, 2.24) is 9.97 Å². The normalized spacial score (nSPS) is 10.3. The Hall–Kier alpha value is -4.59. The van der Waals surface area contributed by atoms with Gasteiger partial charge in [0.25, 0.3) is 5.69 Å². The van der Waals surface area contributed by atoms with Gasteiger partial charge in [-0.25, -0.2) is 4.79 Å². The lowest BCUT2D eigenvalue weighted by Gasteiger charge is -2.09. The molecule has 0 saturated heterocycles. The molecule has 2 aromatic heterocycles. The number of anilines is 2. The van der Waals surface area contributed by atoms with Crippen LogP contribution in [-0.4, -0.2) is 20.9 Å². The summed E-state index contributed by atoms with van der Waals surface area (Å²) >= 11 is 0. The maximum atomic E-state index is 12.2. The number of nitrogens with zero attached hydrogens (tertiary/aromatic N) is 3. The summed E-state index contributed by atoms with van der Waals surface area (Å²) in [5.74, 6) is 0. The quantitative estimate of drug-likeness (QED) is 0.339. The Kier molecular flexibility index (Phi) is 5.62. The fourth-order valence-corrected chi connectivity index (χ4v) is 3.00. The number of benzene rings is 2. The molecule has 8 heteroatoms.